The molecule has 0 spiro atoms. The highest BCUT2D eigenvalue weighted by atomic mass is 16.3. The van der Waals surface area contributed by atoms with Crippen LogP contribution in [0.4, 0.5) is 5.69 Å². The normalized spacial score (nSPS) is 14.9. The van der Waals surface area contributed by atoms with Crippen LogP contribution in [0.15, 0.2) is 18.2 Å². The molecule has 0 bridgehead atoms. The number of aliphatic hydroxyl groups excluding tert-OH is 1. The van der Waals surface area contributed by atoms with Gasteiger partial charge in [0.25, 0.3) is 5.91 Å². The molecule has 27 heavy (non-hydrogen) atoms. The third-order valence-corrected chi connectivity index (χ3v) is 4.87. The van der Waals surface area contributed by atoms with Crippen molar-refractivity contribution in [1.29, 1.82) is 0 Å². The van der Waals surface area contributed by atoms with Crippen LogP contribution in [0.1, 0.15) is 33.6 Å². The highest BCUT2D eigenvalue weighted by Gasteiger charge is 2.30. The molecule has 146 valence electrons. The summed E-state index contributed by atoms with van der Waals surface area (Å²) in [7, 11) is 2.95. The predicted molar refractivity (Wildman–Crippen MR) is 99.9 cm³/mol. The SMILES string of the molecule is CNC(=O)C(CCC=O)N(C)C(=O)c1cc(N2CC(CO)C2)ccc1C=O. The number of nitrogens with zero attached hydrogens (tertiary/aromatic N) is 2. The number of carbonyl (C=O) groups excluding carboxylic acids is 4. The van der Waals surface area contributed by atoms with Crippen molar-refractivity contribution < 1.29 is 24.3 Å². The standard InChI is InChI=1S/C19H25N3O5/c1-20-18(26)17(4-3-7-23)21(2)19(27)16-8-15(6-5-14(16)12-25)22-9-13(10-22)11-24/h5-8,12-13,17,24H,3-4,9-11H2,1-2H3,(H,20,26). The maximum Gasteiger partial charge on any atom is 0.255 e. The number of nitrogens with one attached hydrogen (secondary N) is 1. The second-order valence-electron chi connectivity index (χ2n) is 6.63. The summed E-state index contributed by atoms with van der Waals surface area (Å²) in [5.74, 6) is -0.624. The summed E-state index contributed by atoms with van der Waals surface area (Å²) < 4.78 is 0. The van der Waals surface area contributed by atoms with Gasteiger partial charge in [0.1, 0.15) is 12.3 Å². The van der Waals surface area contributed by atoms with Crippen LogP contribution in [0.2, 0.25) is 0 Å². The van der Waals surface area contributed by atoms with Crippen molar-refractivity contribution in [3.63, 3.8) is 0 Å². The fourth-order valence-corrected chi connectivity index (χ4v) is 3.15. The van der Waals surface area contributed by atoms with Crippen LogP contribution >= 0.6 is 0 Å². The van der Waals surface area contributed by atoms with Crippen molar-refractivity contribution in [3.8, 4) is 0 Å². The first-order valence-corrected chi connectivity index (χ1v) is 8.84. The summed E-state index contributed by atoms with van der Waals surface area (Å²) in [6.07, 6.45) is 1.66. The van der Waals surface area contributed by atoms with Gasteiger partial charge in [0.2, 0.25) is 5.91 Å². The third kappa shape index (κ3) is 4.51. The summed E-state index contributed by atoms with van der Waals surface area (Å²) in [5, 5.41) is 11.7. The summed E-state index contributed by atoms with van der Waals surface area (Å²) in [5.41, 5.74) is 1.23. The highest BCUT2D eigenvalue weighted by molar-refractivity contribution is 6.04. The molecule has 2 amide bonds. The number of rotatable bonds is 9. The first-order valence-electron chi connectivity index (χ1n) is 8.84. The topological polar surface area (TPSA) is 107 Å². The molecule has 1 fully saturated rings. The molecular weight excluding hydrogens is 350 g/mol. The molecule has 0 radical (unpaired) electrons. The number of likely N-dealkylation sites (N-methyl/N-ethyl adjacent to an activating group) is 2. The van der Waals surface area contributed by atoms with Crippen molar-refractivity contribution in [2.75, 3.05) is 38.7 Å². The maximum atomic E-state index is 13.0. The van der Waals surface area contributed by atoms with E-state index in [-0.39, 0.29) is 42.4 Å². The van der Waals surface area contributed by atoms with Crippen LogP contribution in [0.5, 0.6) is 0 Å². The summed E-state index contributed by atoms with van der Waals surface area (Å²) in [6.45, 7) is 1.48. The largest absolute Gasteiger partial charge is 0.396 e. The van der Waals surface area contributed by atoms with Crippen LogP contribution < -0.4 is 10.2 Å². The van der Waals surface area contributed by atoms with Gasteiger partial charge in [0.05, 0.1) is 5.56 Å². The van der Waals surface area contributed by atoms with Crippen LogP contribution in [0.3, 0.4) is 0 Å². The molecular formula is C19H25N3O5. The lowest BCUT2D eigenvalue weighted by atomic mass is 9.98. The molecule has 0 aromatic heterocycles. The molecule has 2 N–H and O–H groups in total. The Morgan fingerprint density at radius 1 is 1.37 bits per heavy atom. The maximum absolute atomic E-state index is 13.0. The lowest BCUT2D eigenvalue weighted by Crippen LogP contribution is -2.49. The monoisotopic (exact) mass is 375 g/mol. The summed E-state index contributed by atoms with van der Waals surface area (Å²) in [6, 6.07) is 4.17. The van der Waals surface area contributed by atoms with Gasteiger partial charge in [-0.25, -0.2) is 0 Å². The average Bonchev–Trinajstić information content (AvgIpc) is 2.66. The van der Waals surface area contributed by atoms with Gasteiger partial charge in [-0.05, 0) is 24.6 Å². The quantitative estimate of drug-likeness (QED) is 0.593. The van der Waals surface area contributed by atoms with E-state index in [9.17, 15) is 19.2 Å². The van der Waals surface area contributed by atoms with Crippen LogP contribution in [-0.4, -0.2) is 74.2 Å². The Morgan fingerprint density at radius 2 is 2.07 bits per heavy atom. The van der Waals surface area contributed by atoms with Gasteiger partial charge < -0.3 is 25.0 Å². The Bertz CT molecular complexity index is 715. The average molecular weight is 375 g/mol. The number of hydrogen-bond donors (Lipinski definition) is 2. The van der Waals surface area contributed by atoms with Gasteiger partial charge in [-0.2, -0.15) is 0 Å². The van der Waals surface area contributed by atoms with E-state index in [2.05, 4.69) is 5.32 Å². The number of anilines is 1. The van der Waals surface area contributed by atoms with Gasteiger partial charge in [-0.15, -0.1) is 0 Å². The lowest BCUT2D eigenvalue weighted by molar-refractivity contribution is -0.125. The zero-order chi connectivity index (χ0) is 20.0. The molecule has 2 rings (SSSR count). The van der Waals surface area contributed by atoms with Gasteiger partial charge in [0.15, 0.2) is 6.29 Å². The van der Waals surface area contributed by atoms with E-state index in [1.165, 1.54) is 19.0 Å². The summed E-state index contributed by atoms with van der Waals surface area (Å²) >= 11 is 0. The van der Waals surface area contributed by atoms with E-state index in [1.54, 1.807) is 18.2 Å². The number of hydrogen-bond acceptors (Lipinski definition) is 6. The zero-order valence-electron chi connectivity index (χ0n) is 15.6. The van der Waals surface area contributed by atoms with Crippen LogP contribution in [0, 0.1) is 5.92 Å². The van der Waals surface area contributed by atoms with E-state index in [1.807, 2.05) is 4.90 Å². The summed E-state index contributed by atoms with van der Waals surface area (Å²) in [4.78, 5) is 50.5. The van der Waals surface area contributed by atoms with Gasteiger partial charge >= 0.3 is 0 Å². The molecule has 8 heteroatoms. The zero-order valence-corrected chi connectivity index (χ0v) is 15.6. The molecule has 8 nitrogen and oxygen atoms in total. The number of aldehydes is 2. The second-order valence-corrected chi connectivity index (χ2v) is 6.63. The van der Waals surface area contributed by atoms with Crippen molar-refractivity contribution in [2.24, 2.45) is 5.92 Å². The molecule has 1 heterocycles. The molecule has 1 atom stereocenters. The van der Waals surface area contributed by atoms with Crippen molar-refractivity contribution in [3.05, 3.63) is 29.3 Å². The Labute approximate surface area is 158 Å². The third-order valence-electron chi connectivity index (χ3n) is 4.87. The predicted octanol–water partition coefficient (Wildman–Crippen LogP) is 0.0933. The molecule has 1 aromatic carbocycles. The Kier molecular flexibility index (Phi) is 7.06. The minimum Gasteiger partial charge on any atom is -0.396 e. The minimum absolute atomic E-state index is 0.113. The lowest BCUT2D eigenvalue weighted by Gasteiger charge is -2.40. The van der Waals surface area contributed by atoms with E-state index < -0.39 is 11.9 Å². The Balaban J connectivity index is 2.27. The van der Waals surface area contributed by atoms with E-state index >= 15 is 0 Å². The van der Waals surface area contributed by atoms with E-state index in [0.717, 1.165) is 5.69 Å². The molecule has 1 aliphatic heterocycles. The van der Waals surface area contributed by atoms with E-state index in [0.29, 0.717) is 25.7 Å². The number of carbonyl (C=O) groups is 4. The Hall–Kier alpha value is -2.74. The Morgan fingerprint density at radius 3 is 2.63 bits per heavy atom. The highest BCUT2D eigenvalue weighted by Crippen LogP contribution is 2.27. The van der Waals surface area contributed by atoms with Crippen LogP contribution in [0.25, 0.3) is 0 Å². The molecule has 1 unspecified atom stereocenters. The smallest absolute Gasteiger partial charge is 0.255 e. The molecule has 0 saturated carbocycles. The van der Waals surface area contributed by atoms with Crippen molar-refractivity contribution in [1.82, 2.24) is 10.2 Å². The number of aliphatic hydroxyl groups is 1. The molecule has 1 saturated heterocycles. The fourth-order valence-electron chi connectivity index (χ4n) is 3.15. The number of amides is 2. The second kappa shape index (κ2) is 9.27. The van der Waals surface area contributed by atoms with Crippen LogP contribution in [-0.2, 0) is 9.59 Å². The number of benzene rings is 1. The van der Waals surface area contributed by atoms with E-state index in [4.69, 9.17) is 5.11 Å². The van der Waals surface area contributed by atoms with Gasteiger partial charge in [0, 0.05) is 57.4 Å². The van der Waals surface area contributed by atoms with Crippen molar-refractivity contribution in [2.45, 2.75) is 18.9 Å². The van der Waals surface area contributed by atoms with Gasteiger partial charge in [-0.1, -0.05) is 0 Å². The van der Waals surface area contributed by atoms with Gasteiger partial charge in [-0.3, -0.25) is 14.4 Å². The molecule has 1 aliphatic rings. The first-order chi connectivity index (χ1) is 13.0. The van der Waals surface area contributed by atoms with Crippen molar-refractivity contribution >= 4 is 30.1 Å². The minimum atomic E-state index is -0.807. The molecule has 0 aliphatic carbocycles. The fraction of sp³-hybridized carbons (Fsp3) is 0.474. The molecule has 1 aromatic rings. The first kappa shape index (κ1) is 20.6.